The van der Waals surface area contributed by atoms with Gasteiger partial charge in [0.2, 0.25) is 0 Å². The van der Waals surface area contributed by atoms with Crippen LogP contribution in [-0.2, 0) is 20.4 Å². The predicted molar refractivity (Wildman–Crippen MR) is 129 cm³/mol. The second kappa shape index (κ2) is 8.31. The Morgan fingerprint density at radius 2 is 1.91 bits per heavy atom. The number of ether oxygens (including phenoxy) is 2. The standard InChI is InChI=1S/C25H35BO6S/c1-14(27)20-17(33-8)10-9-15(21(20)29-22(28)30-23(2,3)4)13-26-31-19-12-16-11-18(24(16,5)6)25(19,7)32-26/h9-10,16,18-19H,11-13H2,1-8H3/t16?,18?,19?,25-/m0/s1. The summed E-state index contributed by atoms with van der Waals surface area (Å²) in [6.45, 7) is 13.6. The minimum absolute atomic E-state index is 0.0623. The Morgan fingerprint density at radius 3 is 2.48 bits per heavy atom. The van der Waals surface area contributed by atoms with Gasteiger partial charge in [0, 0.05) is 11.2 Å². The van der Waals surface area contributed by atoms with Crippen LogP contribution in [0.3, 0.4) is 0 Å². The van der Waals surface area contributed by atoms with Gasteiger partial charge in [0.25, 0.3) is 0 Å². The molecule has 0 amide bonds. The first-order chi connectivity index (χ1) is 15.3. The fourth-order valence-electron chi connectivity index (χ4n) is 5.96. The first-order valence-corrected chi connectivity index (χ1v) is 12.9. The number of hydrogen-bond acceptors (Lipinski definition) is 7. The molecule has 1 aliphatic heterocycles. The molecular weight excluding hydrogens is 439 g/mol. The second-order valence-electron chi connectivity index (χ2n) is 11.4. The molecule has 3 unspecified atom stereocenters. The Morgan fingerprint density at radius 1 is 1.21 bits per heavy atom. The highest BCUT2D eigenvalue weighted by Crippen LogP contribution is 2.65. The summed E-state index contributed by atoms with van der Waals surface area (Å²) in [6.07, 6.45) is 3.69. The van der Waals surface area contributed by atoms with Crippen molar-refractivity contribution >= 4 is 30.8 Å². The molecule has 0 radical (unpaired) electrons. The van der Waals surface area contributed by atoms with Crippen LogP contribution in [0.25, 0.3) is 0 Å². The van der Waals surface area contributed by atoms with Crippen LogP contribution in [-0.4, -0.2) is 42.6 Å². The molecule has 2 bridgehead atoms. The van der Waals surface area contributed by atoms with Crippen LogP contribution < -0.4 is 4.74 Å². The number of hydrogen-bond donors (Lipinski definition) is 0. The highest BCUT2D eigenvalue weighted by Gasteiger charge is 2.67. The SMILES string of the molecule is CSc1ccc(CB2OC3CC4CC(C4(C)C)[C@]3(C)O2)c(OC(=O)OC(C)(C)C)c1C(C)=O. The Bertz CT molecular complexity index is 970. The van der Waals surface area contributed by atoms with E-state index in [2.05, 4.69) is 20.8 Å². The predicted octanol–water partition coefficient (Wildman–Crippen LogP) is 5.74. The molecule has 0 N–H and O–H groups in total. The molecule has 6 nitrogen and oxygen atoms in total. The topological polar surface area (TPSA) is 71.1 Å². The van der Waals surface area contributed by atoms with Gasteiger partial charge in [-0.25, -0.2) is 4.79 Å². The third kappa shape index (κ3) is 4.34. The van der Waals surface area contributed by atoms with E-state index >= 15 is 0 Å². The highest BCUT2D eigenvalue weighted by atomic mass is 32.2. The van der Waals surface area contributed by atoms with Gasteiger partial charge in [0.15, 0.2) is 5.78 Å². The van der Waals surface area contributed by atoms with Gasteiger partial charge in [-0.3, -0.25) is 4.79 Å². The molecule has 1 aromatic carbocycles. The Balaban J connectivity index is 1.62. The maximum absolute atomic E-state index is 12.6. The van der Waals surface area contributed by atoms with Gasteiger partial charge in [-0.1, -0.05) is 19.9 Å². The maximum atomic E-state index is 12.6. The summed E-state index contributed by atoms with van der Waals surface area (Å²) in [5.74, 6) is 1.19. The van der Waals surface area contributed by atoms with Gasteiger partial charge < -0.3 is 18.8 Å². The summed E-state index contributed by atoms with van der Waals surface area (Å²) in [4.78, 5) is 25.9. The first kappa shape index (κ1) is 24.6. The third-order valence-electron chi connectivity index (χ3n) is 7.74. The lowest BCUT2D eigenvalue weighted by Crippen LogP contribution is -2.65. The zero-order valence-corrected chi connectivity index (χ0v) is 21.8. The average Bonchev–Trinajstić information content (AvgIpc) is 3.02. The van der Waals surface area contributed by atoms with Crippen molar-refractivity contribution in [1.82, 2.24) is 0 Å². The lowest BCUT2D eigenvalue weighted by atomic mass is 9.43. The van der Waals surface area contributed by atoms with E-state index in [1.165, 1.54) is 25.1 Å². The molecule has 1 saturated heterocycles. The van der Waals surface area contributed by atoms with Crippen molar-refractivity contribution in [1.29, 1.82) is 0 Å². The van der Waals surface area contributed by atoms with Crippen molar-refractivity contribution in [2.45, 2.75) is 89.8 Å². The largest absolute Gasteiger partial charge is 0.514 e. The zero-order chi connectivity index (χ0) is 24.3. The van der Waals surface area contributed by atoms with E-state index < -0.39 is 18.9 Å². The molecule has 180 valence electrons. The normalized spacial score (nSPS) is 29.8. The van der Waals surface area contributed by atoms with Gasteiger partial charge in [0.1, 0.15) is 11.4 Å². The summed E-state index contributed by atoms with van der Waals surface area (Å²) >= 11 is 1.44. The number of Topliss-reactive ketones (excluding diaryl/α,β-unsaturated/α-hetero) is 1. The Hall–Kier alpha value is -1.51. The lowest BCUT2D eigenvalue weighted by Gasteiger charge is -2.64. The van der Waals surface area contributed by atoms with Crippen LogP contribution >= 0.6 is 11.8 Å². The average molecular weight is 474 g/mol. The van der Waals surface area contributed by atoms with Crippen LogP contribution in [0, 0.1) is 17.3 Å². The molecule has 3 saturated carbocycles. The van der Waals surface area contributed by atoms with E-state index in [1.54, 1.807) is 20.8 Å². The number of ketones is 1. The summed E-state index contributed by atoms with van der Waals surface area (Å²) in [5.41, 5.74) is 0.313. The fourth-order valence-corrected chi connectivity index (χ4v) is 6.61. The number of carbonyl (C=O) groups is 2. The molecule has 1 heterocycles. The van der Waals surface area contributed by atoms with Gasteiger partial charge in [-0.05, 0) is 82.6 Å². The zero-order valence-electron chi connectivity index (χ0n) is 20.9. The summed E-state index contributed by atoms with van der Waals surface area (Å²) < 4.78 is 24.0. The minimum Gasteiger partial charge on any atom is -0.428 e. The molecule has 4 aliphatic rings. The number of rotatable bonds is 5. The van der Waals surface area contributed by atoms with E-state index in [1.807, 2.05) is 18.4 Å². The maximum Gasteiger partial charge on any atom is 0.514 e. The summed E-state index contributed by atoms with van der Waals surface area (Å²) in [5, 5.41) is 0. The van der Waals surface area contributed by atoms with Gasteiger partial charge in [-0.2, -0.15) is 0 Å². The van der Waals surface area contributed by atoms with Gasteiger partial charge >= 0.3 is 13.3 Å². The van der Waals surface area contributed by atoms with Crippen molar-refractivity contribution in [2.75, 3.05) is 6.26 Å². The van der Waals surface area contributed by atoms with Crippen LogP contribution in [0.5, 0.6) is 5.75 Å². The molecule has 33 heavy (non-hydrogen) atoms. The lowest BCUT2D eigenvalue weighted by molar-refractivity contribution is -0.199. The number of benzene rings is 1. The minimum atomic E-state index is -0.832. The molecule has 0 spiro atoms. The van der Waals surface area contributed by atoms with Crippen molar-refractivity contribution in [3.8, 4) is 5.75 Å². The monoisotopic (exact) mass is 474 g/mol. The van der Waals surface area contributed by atoms with Crippen molar-refractivity contribution in [3.05, 3.63) is 23.3 Å². The third-order valence-corrected chi connectivity index (χ3v) is 8.52. The van der Waals surface area contributed by atoms with Crippen LogP contribution in [0.2, 0.25) is 0 Å². The molecule has 5 rings (SSSR count). The van der Waals surface area contributed by atoms with Crippen LogP contribution in [0.15, 0.2) is 17.0 Å². The first-order valence-electron chi connectivity index (χ1n) is 11.7. The Labute approximate surface area is 201 Å². The summed E-state index contributed by atoms with van der Waals surface area (Å²) in [6, 6.07) is 3.78. The van der Waals surface area contributed by atoms with Crippen molar-refractivity contribution in [2.24, 2.45) is 17.3 Å². The van der Waals surface area contributed by atoms with E-state index in [-0.39, 0.29) is 28.7 Å². The quantitative estimate of drug-likeness (QED) is 0.177. The highest BCUT2D eigenvalue weighted by molar-refractivity contribution is 7.98. The van der Waals surface area contributed by atoms with Crippen LogP contribution in [0.1, 0.15) is 77.2 Å². The van der Waals surface area contributed by atoms with E-state index in [0.29, 0.717) is 29.3 Å². The van der Waals surface area contributed by atoms with E-state index in [0.717, 1.165) is 11.3 Å². The van der Waals surface area contributed by atoms with Crippen molar-refractivity contribution < 1.29 is 28.4 Å². The number of carbonyl (C=O) groups excluding carboxylic acids is 2. The van der Waals surface area contributed by atoms with Gasteiger partial charge in [0.05, 0.1) is 17.3 Å². The smallest absolute Gasteiger partial charge is 0.428 e. The number of thioether (sulfide) groups is 1. The van der Waals surface area contributed by atoms with Gasteiger partial charge in [-0.15, -0.1) is 11.8 Å². The fraction of sp³-hybridized carbons (Fsp3) is 0.680. The van der Waals surface area contributed by atoms with Crippen molar-refractivity contribution in [3.63, 3.8) is 0 Å². The molecule has 3 aliphatic carbocycles. The molecular formula is C25H35BO6S. The molecule has 1 aromatic rings. The molecule has 4 fully saturated rings. The molecule has 0 aromatic heterocycles. The molecule has 4 atom stereocenters. The Kier molecular flexibility index (Phi) is 6.20. The summed E-state index contributed by atoms with van der Waals surface area (Å²) in [7, 11) is -0.462. The van der Waals surface area contributed by atoms with Crippen LogP contribution in [0.4, 0.5) is 4.79 Å². The van der Waals surface area contributed by atoms with E-state index in [9.17, 15) is 9.59 Å². The van der Waals surface area contributed by atoms with E-state index in [4.69, 9.17) is 18.8 Å². The second-order valence-corrected chi connectivity index (χ2v) is 12.2. The molecule has 8 heteroatoms.